The summed E-state index contributed by atoms with van der Waals surface area (Å²) >= 11 is 0. The third-order valence-corrected chi connectivity index (χ3v) is 2.26. The monoisotopic (exact) mass is 152 g/mol. The molecule has 3 nitrogen and oxygen atoms in total. The van der Waals surface area contributed by atoms with E-state index in [1.54, 1.807) is 0 Å². The molecule has 1 fully saturated rings. The zero-order valence-electron chi connectivity index (χ0n) is 5.90. The molecule has 0 aromatic rings. The first-order valence-electron chi connectivity index (χ1n) is 3.65. The van der Waals surface area contributed by atoms with Crippen LogP contribution in [0.15, 0.2) is 12.2 Å². The summed E-state index contributed by atoms with van der Waals surface area (Å²) in [6.45, 7) is 0. The van der Waals surface area contributed by atoms with Crippen LogP contribution in [0.4, 0.5) is 0 Å². The highest BCUT2D eigenvalue weighted by molar-refractivity contribution is 5.90. The molecule has 0 spiro atoms. The first-order chi connectivity index (χ1) is 5.33. The van der Waals surface area contributed by atoms with E-state index in [4.69, 9.17) is 4.74 Å². The van der Waals surface area contributed by atoms with E-state index >= 15 is 0 Å². The number of aldehydes is 1. The van der Waals surface area contributed by atoms with Crippen molar-refractivity contribution < 1.29 is 14.3 Å². The smallest absolute Gasteiger partial charge is 0.317 e. The predicted molar refractivity (Wildman–Crippen MR) is 36.7 cm³/mol. The average molecular weight is 152 g/mol. The molecule has 0 saturated carbocycles. The highest BCUT2D eigenvalue weighted by atomic mass is 16.6. The van der Waals surface area contributed by atoms with Gasteiger partial charge in [0.2, 0.25) is 0 Å². The number of ether oxygens (including phenoxy) is 1. The normalized spacial score (nSPS) is 40.4. The molecule has 0 unspecified atom stereocenters. The van der Waals surface area contributed by atoms with E-state index in [2.05, 4.69) is 0 Å². The van der Waals surface area contributed by atoms with Crippen molar-refractivity contribution in [1.29, 1.82) is 0 Å². The molecule has 0 aromatic carbocycles. The fraction of sp³-hybridized carbons (Fsp3) is 0.500. The third-order valence-electron chi connectivity index (χ3n) is 2.26. The molecule has 2 rings (SSSR count). The quantitative estimate of drug-likeness (QED) is 0.235. The van der Waals surface area contributed by atoms with Gasteiger partial charge in [0.15, 0.2) is 0 Å². The number of hydrogen-bond acceptors (Lipinski definition) is 3. The number of carbonyl (C=O) groups is 2. The molecule has 0 N–H and O–H groups in total. The van der Waals surface area contributed by atoms with Crippen molar-refractivity contribution >= 4 is 12.3 Å². The van der Waals surface area contributed by atoms with Crippen molar-refractivity contribution in [3.05, 3.63) is 12.2 Å². The number of fused-ring (bicyclic) bond motifs is 1. The lowest BCUT2D eigenvalue weighted by Crippen LogP contribution is -2.16. The highest BCUT2D eigenvalue weighted by Crippen LogP contribution is 2.34. The second-order valence-corrected chi connectivity index (χ2v) is 2.88. The van der Waals surface area contributed by atoms with Crippen LogP contribution in [0.5, 0.6) is 0 Å². The van der Waals surface area contributed by atoms with Gasteiger partial charge in [-0.05, 0) is 0 Å². The lowest BCUT2D eigenvalue weighted by Gasteiger charge is -2.05. The topological polar surface area (TPSA) is 43.4 Å². The van der Waals surface area contributed by atoms with Crippen LogP contribution in [0.3, 0.4) is 0 Å². The van der Waals surface area contributed by atoms with E-state index in [1.807, 2.05) is 12.2 Å². The molecule has 11 heavy (non-hydrogen) atoms. The van der Waals surface area contributed by atoms with Crippen LogP contribution >= 0.6 is 0 Å². The van der Waals surface area contributed by atoms with Crippen LogP contribution in [0.2, 0.25) is 0 Å². The van der Waals surface area contributed by atoms with E-state index < -0.39 is 5.92 Å². The second-order valence-electron chi connectivity index (χ2n) is 2.88. The standard InChI is InChI=1S/C8H8O3/c9-4-6-5-2-1-3-7(5)11-8(6)10/h1-2,4-7H,3H2/t5-,6+,7+/m1/s1. The van der Waals surface area contributed by atoms with Gasteiger partial charge >= 0.3 is 5.97 Å². The van der Waals surface area contributed by atoms with Gasteiger partial charge in [-0.1, -0.05) is 12.2 Å². The van der Waals surface area contributed by atoms with Crippen molar-refractivity contribution in [2.24, 2.45) is 11.8 Å². The van der Waals surface area contributed by atoms with Crippen molar-refractivity contribution in [3.63, 3.8) is 0 Å². The summed E-state index contributed by atoms with van der Waals surface area (Å²) < 4.78 is 4.96. The minimum atomic E-state index is -0.543. The van der Waals surface area contributed by atoms with Gasteiger partial charge in [-0.15, -0.1) is 0 Å². The zero-order valence-corrected chi connectivity index (χ0v) is 5.90. The Hall–Kier alpha value is -1.12. The Balaban J connectivity index is 2.25. The van der Waals surface area contributed by atoms with Gasteiger partial charge in [0, 0.05) is 12.3 Å². The van der Waals surface area contributed by atoms with Crippen molar-refractivity contribution in [2.75, 3.05) is 0 Å². The third kappa shape index (κ3) is 0.803. The molecule has 0 bridgehead atoms. The van der Waals surface area contributed by atoms with E-state index in [0.29, 0.717) is 6.29 Å². The maximum absolute atomic E-state index is 10.9. The van der Waals surface area contributed by atoms with Crippen LogP contribution < -0.4 is 0 Å². The molecule has 58 valence electrons. The maximum Gasteiger partial charge on any atom is 0.317 e. The van der Waals surface area contributed by atoms with E-state index in [-0.39, 0.29) is 18.0 Å². The van der Waals surface area contributed by atoms with E-state index in [9.17, 15) is 9.59 Å². The molecule has 1 saturated heterocycles. The van der Waals surface area contributed by atoms with Crippen LogP contribution in [-0.2, 0) is 14.3 Å². The minimum absolute atomic E-state index is 0.0139. The second kappa shape index (κ2) is 2.19. The Morgan fingerprint density at radius 2 is 2.45 bits per heavy atom. The Labute approximate surface area is 64.0 Å². The lowest BCUT2D eigenvalue weighted by atomic mass is 9.95. The van der Waals surface area contributed by atoms with Crippen LogP contribution in [-0.4, -0.2) is 18.4 Å². The van der Waals surface area contributed by atoms with Crippen LogP contribution in [0.1, 0.15) is 6.42 Å². The molecule has 1 aliphatic heterocycles. The zero-order chi connectivity index (χ0) is 7.84. The largest absolute Gasteiger partial charge is 0.461 e. The number of esters is 1. The Kier molecular flexibility index (Phi) is 1.31. The molecular weight excluding hydrogens is 144 g/mol. The van der Waals surface area contributed by atoms with Gasteiger partial charge in [-0.3, -0.25) is 4.79 Å². The maximum atomic E-state index is 10.9. The molecule has 0 amide bonds. The fourth-order valence-electron chi connectivity index (χ4n) is 1.66. The fourth-order valence-corrected chi connectivity index (χ4v) is 1.66. The molecule has 3 atom stereocenters. The van der Waals surface area contributed by atoms with Crippen LogP contribution in [0, 0.1) is 11.8 Å². The first-order valence-corrected chi connectivity index (χ1v) is 3.65. The van der Waals surface area contributed by atoms with Crippen LogP contribution in [0.25, 0.3) is 0 Å². The Morgan fingerprint density at radius 1 is 1.64 bits per heavy atom. The molecule has 2 aliphatic rings. The van der Waals surface area contributed by atoms with E-state index in [0.717, 1.165) is 6.42 Å². The summed E-state index contributed by atoms with van der Waals surface area (Å²) in [6, 6.07) is 0. The van der Waals surface area contributed by atoms with Crippen molar-refractivity contribution in [1.82, 2.24) is 0 Å². The summed E-state index contributed by atoms with van der Waals surface area (Å²) in [6.07, 6.45) is 5.24. The lowest BCUT2D eigenvalue weighted by molar-refractivity contribution is -0.145. The number of rotatable bonds is 1. The summed E-state index contributed by atoms with van der Waals surface area (Å²) in [5, 5.41) is 0. The predicted octanol–water partition coefficient (Wildman–Crippen LogP) is 0.303. The highest BCUT2D eigenvalue weighted by Gasteiger charge is 2.44. The molecule has 3 heteroatoms. The van der Waals surface area contributed by atoms with Gasteiger partial charge in [0.25, 0.3) is 0 Å². The van der Waals surface area contributed by atoms with Gasteiger partial charge in [0.05, 0.1) is 0 Å². The Morgan fingerprint density at radius 3 is 3.18 bits per heavy atom. The summed E-state index contributed by atoms with van der Waals surface area (Å²) in [4.78, 5) is 21.4. The van der Waals surface area contributed by atoms with Gasteiger partial charge in [-0.2, -0.15) is 0 Å². The minimum Gasteiger partial charge on any atom is -0.461 e. The SMILES string of the molecule is O=C[C@@H]1C(=O)O[C@H]2CC=C[C@@H]21. The molecular formula is C8H8O3. The molecule has 0 aromatic heterocycles. The summed E-state index contributed by atoms with van der Waals surface area (Å²) in [5.74, 6) is -0.891. The summed E-state index contributed by atoms with van der Waals surface area (Å²) in [5.41, 5.74) is 0. The van der Waals surface area contributed by atoms with Crippen molar-refractivity contribution in [3.8, 4) is 0 Å². The van der Waals surface area contributed by atoms with Crippen molar-refractivity contribution in [2.45, 2.75) is 12.5 Å². The van der Waals surface area contributed by atoms with E-state index in [1.165, 1.54) is 0 Å². The molecule has 0 radical (unpaired) electrons. The summed E-state index contributed by atoms with van der Waals surface area (Å²) in [7, 11) is 0. The molecule has 1 heterocycles. The Bertz CT molecular complexity index is 231. The van der Waals surface area contributed by atoms with Gasteiger partial charge in [0.1, 0.15) is 18.3 Å². The number of hydrogen-bond donors (Lipinski definition) is 0. The van der Waals surface area contributed by atoms with Gasteiger partial charge in [-0.25, -0.2) is 0 Å². The number of carbonyl (C=O) groups excluding carboxylic acids is 2. The first kappa shape index (κ1) is 6.58. The average Bonchev–Trinajstić information content (AvgIpc) is 2.46. The van der Waals surface area contributed by atoms with Gasteiger partial charge < -0.3 is 9.53 Å². The molecule has 1 aliphatic carbocycles.